The molecular weight excluding hydrogens is 312 g/mol. The van der Waals surface area contributed by atoms with Crippen molar-refractivity contribution in [3.63, 3.8) is 0 Å². The standard InChI is InChI=1S/C16H18N4O2S/c1-9-6-10(2)20-15(18-9)14(11(3)19-20)16(22)17-7-13(21)12-4-5-23-8-12/h4-6,8,13,21H,7H2,1-3H3,(H,17,22). The summed E-state index contributed by atoms with van der Waals surface area (Å²) < 4.78 is 1.67. The van der Waals surface area contributed by atoms with Crippen molar-refractivity contribution >= 4 is 22.9 Å². The van der Waals surface area contributed by atoms with Gasteiger partial charge in [0.2, 0.25) is 0 Å². The first-order valence-electron chi connectivity index (χ1n) is 7.29. The summed E-state index contributed by atoms with van der Waals surface area (Å²) >= 11 is 1.51. The molecule has 7 heteroatoms. The molecule has 3 heterocycles. The van der Waals surface area contributed by atoms with Crippen molar-refractivity contribution in [1.82, 2.24) is 19.9 Å². The largest absolute Gasteiger partial charge is 0.387 e. The van der Waals surface area contributed by atoms with Gasteiger partial charge in [0, 0.05) is 17.9 Å². The predicted molar refractivity (Wildman–Crippen MR) is 88.8 cm³/mol. The lowest BCUT2D eigenvalue weighted by molar-refractivity contribution is 0.0917. The number of aliphatic hydroxyl groups excluding tert-OH is 1. The van der Waals surface area contributed by atoms with Gasteiger partial charge in [-0.15, -0.1) is 0 Å². The van der Waals surface area contributed by atoms with E-state index in [4.69, 9.17) is 0 Å². The summed E-state index contributed by atoms with van der Waals surface area (Å²) in [6.07, 6.45) is -0.719. The highest BCUT2D eigenvalue weighted by atomic mass is 32.1. The van der Waals surface area contributed by atoms with Gasteiger partial charge in [0.05, 0.1) is 11.8 Å². The normalized spacial score (nSPS) is 12.5. The molecule has 3 aromatic rings. The van der Waals surface area contributed by atoms with Crippen LogP contribution in [-0.2, 0) is 0 Å². The van der Waals surface area contributed by atoms with Crippen molar-refractivity contribution in [2.24, 2.45) is 0 Å². The second-order valence-electron chi connectivity index (χ2n) is 5.52. The number of nitrogens with one attached hydrogen (secondary N) is 1. The van der Waals surface area contributed by atoms with Crippen LogP contribution in [0, 0.1) is 20.8 Å². The van der Waals surface area contributed by atoms with Gasteiger partial charge in [-0.05, 0) is 49.2 Å². The van der Waals surface area contributed by atoms with Crippen LogP contribution in [0.15, 0.2) is 22.9 Å². The third-order valence-electron chi connectivity index (χ3n) is 3.68. The quantitative estimate of drug-likeness (QED) is 0.768. The Morgan fingerprint density at radius 2 is 2.22 bits per heavy atom. The van der Waals surface area contributed by atoms with Crippen molar-refractivity contribution in [3.05, 3.63) is 51.1 Å². The van der Waals surface area contributed by atoms with Crippen LogP contribution in [0.1, 0.15) is 39.1 Å². The Balaban J connectivity index is 1.85. The Hall–Kier alpha value is -2.25. The Labute approximate surface area is 137 Å². The molecule has 0 aromatic carbocycles. The zero-order valence-electron chi connectivity index (χ0n) is 13.2. The summed E-state index contributed by atoms with van der Waals surface area (Å²) in [4.78, 5) is 17.0. The molecule has 6 nitrogen and oxygen atoms in total. The molecule has 0 spiro atoms. The molecule has 0 aliphatic carbocycles. The molecule has 1 atom stereocenters. The minimum Gasteiger partial charge on any atom is -0.387 e. The van der Waals surface area contributed by atoms with Crippen LogP contribution in [0.2, 0.25) is 0 Å². The van der Waals surface area contributed by atoms with Crippen LogP contribution in [0.3, 0.4) is 0 Å². The molecule has 0 aliphatic rings. The summed E-state index contributed by atoms with van der Waals surface area (Å²) in [6, 6.07) is 3.76. The zero-order chi connectivity index (χ0) is 16.6. The van der Waals surface area contributed by atoms with Crippen LogP contribution >= 0.6 is 11.3 Å². The van der Waals surface area contributed by atoms with Crippen molar-refractivity contribution in [1.29, 1.82) is 0 Å². The summed E-state index contributed by atoms with van der Waals surface area (Å²) in [5.41, 5.74) is 4.18. The van der Waals surface area contributed by atoms with Gasteiger partial charge >= 0.3 is 0 Å². The number of carbonyl (C=O) groups is 1. The van der Waals surface area contributed by atoms with E-state index in [-0.39, 0.29) is 12.5 Å². The first-order chi connectivity index (χ1) is 11.0. The Morgan fingerprint density at radius 3 is 2.91 bits per heavy atom. The van der Waals surface area contributed by atoms with Gasteiger partial charge in [-0.1, -0.05) is 0 Å². The van der Waals surface area contributed by atoms with Crippen LogP contribution in [0.5, 0.6) is 0 Å². The topological polar surface area (TPSA) is 79.5 Å². The van der Waals surface area contributed by atoms with Crippen molar-refractivity contribution in [2.45, 2.75) is 26.9 Å². The molecule has 0 fully saturated rings. The van der Waals surface area contributed by atoms with E-state index in [2.05, 4.69) is 15.4 Å². The van der Waals surface area contributed by atoms with E-state index < -0.39 is 6.10 Å². The molecule has 0 radical (unpaired) electrons. The van der Waals surface area contributed by atoms with Crippen LogP contribution in [-0.4, -0.2) is 32.2 Å². The summed E-state index contributed by atoms with van der Waals surface area (Å²) in [7, 11) is 0. The minimum atomic E-state index is -0.719. The number of amides is 1. The fourth-order valence-corrected chi connectivity index (χ4v) is 3.26. The third-order valence-corrected chi connectivity index (χ3v) is 4.38. The molecule has 1 amide bonds. The lowest BCUT2D eigenvalue weighted by Crippen LogP contribution is -2.28. The van der Waals surface area contributed by atoms with Gasteiger partial charge < -0.3 is 10.4 Å². The zero-order valence-corrected chi connectivity index (χ0v) is 14.0. The minimum absolute atomic E-state index is 0.150. The molecule has 0 bridgehead atoms. The van der Waals surface area contributed by atoms with Gasteiger partial charge in [0.15, 0.2) is 5.65 Å². The van der Waals surface area contributed by atoms with Gasteiger partial charge in [0.25, 0.3) is 5.91 Å². The lowest BCUT2D eigenvalue weighted by atomic mass is 10.2. The van der Waals surface area contributed by atoms with Crippen molar-refractivity contribution < 1.29 is 9.90 Å². The molecule has 1 unspecified atom stereocenters. The number of hydrogen-bond acceptors (Lipinski definition) is 5. The van der Waals surface area contributed by atoms with Crippen LogP contribution < -0.4 is 5.32 Å². The fraction of sp³-hybridized carbons (Fsp3) is 0.312. The van der Waals surface area contributed by atoms with Crippen molar-refractivity contribution in [2.75, 3.05) is 6.54 Å². The van der Waals surface area contributed by atoms with E-state index in [9.17, 15) is 9.90 Å². The number of fused-ring (bicyclic) bond motifs is 1. The van der Waals surface area contributed by atoms with E-state index in [1.165, 1.54) is 11.3 Å². The lowest BCUT2D eigenvalue weighted by Gasteiger charge is -2.10. The van der Waals surface area contributed by atoms with E-state index in [1.54, 1.807) is 11.4 Å². The maximum absolute atomic E-state index is 12.5. The average molecular weight is 330 g/mol. The number of rotatable bonds is 4. The first kappa shape index (κ1) is 15.6. The van der Waals surface area contributed by atoms with E-state index in [1.807, 2.05) is 36.7 Å². The molecule has 3 rings (SSSR count). The van der Waals surface area contributed by atoms with Gasteiger partial charge in [-0.3, -0.25) is 4.79 Å². The molecule has 0 saturated carbocycles. The van der Waals surface area contributed by atoms with E-state index in [0.717, 1.165) is 17.0 Å². The SMILES string of the molecule is Cc1cc(C)n2nc(C)c(C(=O)NCC(O)c3ccsc3)c2n1. The monoisotopic (exact) mass is 330 g/mol. The van der Waals surface area contributed by atoms with Crippen molar-refractivity contribution in [3.8, 4) is 0 Å². The number of nitrogens with zero attached hydrogens (tertiary/aromatic N) is 3. The number of carbonyl (C=O) groups excluding carboxylic acids is 1. The summed E-state index contributed by atoms with van der Waals surface area (Å²) in [6.45, 7) is 5.75. The van der Waals surface area contributed by atoms with E-state index >= 15 is 0 Å². The van der Waals surface area contributed by atoms with Crippen LogP contribution in [0.4, 0.5) is 0 Å². The summed E-state index contributed by atoms with van der Waals surface area (Å²) in [5, 5.41) is 21.0. The highest BCUT2D eigenvalue weighted by molar-refractivity contribution is 7.07. The maximum atomic E-state index is 12.5. The third kappa shape index (κ3) is 2.97. The smallest absolute Gasteiger partial charge is 0.257 e. The molecule has 120 valence electrons. The maximum Gasteiger partial charge on any atom is 0.257 e. The highest BCUT2D eigenvalue weighted by Crippen LogP contribution is 2.18. The number of hydrogen-bond donors (Lipinski definition) is 2. The molecule has 0 saturated heterocycles. The van der Waals surface area contributed by atoms with Gasteiger partial charge in [-0.2, -0.15) is 16.4 Å². The first-order valence-corrected chi connectivity index (χ1v) is 8.23. The number of aryl methyl sites for hydroxylation is 3. The van der Waals surface area contributed by atoms with Crippen LogP contribution in [0.25, 0.3) is 5.65 Å². The second-order valence-corrected chi connectivity index (χ2v) is 6.30. The second kappa shape index (κ2) is 6.10. The summed E-state index contributed by atoms with van der Waals surface area (Å²) in [5.74, 6) is -0.274. The molecular formula is C16H18N4O2S. The highest BCUT2D eigenvalue weighted by Gasteiger charge is 2.20. The van der Waals surface area contributed by atoms with Gasteiger partial charge in [0.1, 0.15) is 5.56 Å². The number of aromatic nitrogens is 3. The van der Waals surface area contributed by atoms with E-state index in [0.29, 0.717) is 16.9 Å². The molecule has 0 aliphatic heterocycles. The Kier molecular flexibility index (Phi) is 4.14. The molecule has 3 aromatic heterocycles. The molecule has 23 heavy (non-hydrogen) atoms. The predicted octanol–water partition coefficient (Wildman–Crippen LogP) is 2.18. The van der Waals surface area contributed by atoms with Gasteiger partial charge in [-0.25, -0.2) is 9.50 Å². The fourth-order valence-electron chi connectivity index (χ4n) is 2.55. The number of aliphatic hydroxyl groups is 1. The Bertz CT molecular complexity index is 855. The number of thiophene rings is 1. The average Bonchev–Trinajstić information content (AvgIpc) is 3.12. The molecule has 2 N–H and O–H groups in total. The Morgan fingerprint density at radius 1 is 1.43 bits per heavy atom.